The first kappa shape index (κ1) is 19.6. The molecule has 0 saturated carbocycles. The van der Waals surface area contributed by atoms with E-state index in [9.17, 15) is 9.59 Å². The summed E-state index contributed by atoms with van der Waals surface area (Å²) in [7, 11) is 0. The summed E-state index contributed by atoms with van der Waals surface area (Å²) in [5.41, 5.74) is 2.69. The average Bonchev–Trinajstić information content (AvgIpc) is 2.65. The Morgan fingerprint density at radius 2 is 1.86 bits per heavy atom. The predicted octanol–water partition coefficient (Wildman–Crippen LogP) is 3.36. The second-order valence-corrected chi connectivity index (χ2v) is 6.86. The molecule has 28 heavy (non-hydrogen) atoms. The van der Waals surface area contributed by atoms with E-state index in [1.807, 2.05) is 39.0 Å². The Labute approximate surface area is 164 Å². The minimum absolute atomic E-state index is 0.0392. The number of hydrogen-bond donors (Lipinski definition) is 1. The summed E-state index contributed by atoms with van der Waals surface area (Å²) in [6, 6.07) is 13.2. The van der Waals surface area contributed by atoms with Crippen LogP contribution in [-0.4, -0.2) is 33.9 Å². The fourth-order valence-corrected chi connectivity index (χ4v) is 3.20. The number of nitrogens with one attached hydrogen (secondary N) is 1. The van der Waals surface area contributed by atoms with Gasteiger partial charge in [-0.15, -0.1) is 0 Å². The zero-order valence-electron chi connectivity index (χ0n) is 16.5. The number of aromatic amines is 1. The molecule has 0 unspecified atom stereocenters. The Bertz CT molecular complexity index is 1020. The quantitative estimate of drug-likeness (QED) is 0.683. The number of carbonyl (C=O) groups is 1. The molecule has 3 rings (SSSR count). The van der Waals surface area contributed by atoms with Gasteiger partial charge in [-0.05, 0) is 56.2 Å². The zero-order chi connectivity index (χ0) is 20.1. The Balaban J connectivity index is 1.63. The van der Waals surface area contributed by atoms with Crippen LogP contribution in [0.25, 0.3) is 10.9 Å². The standard InChI is InChI=1S/C22H25N3O3/c1-4-25(14-20-23-19-8-6-5-7-18(19)22(27)24-20)21(26)9-10-28-17-12-15(2)11-16(3)13-17/h5-8,11-13H,4,9-10,14H2,1-3H3,(H,23,24,27). The number of H-pyrrole nitrogens is 1. The number of nitrogens with zero attached hydrogens (tertiary/aromatic N) is 2. The van der Waals surface area contributed by atoms with Crippen LogP contribution in [0.15, 0.2) is 47.3 Å². The van der Waals surface area contributed by atoms with Gasteiger partial charge in [0, 0.05) is 6.54 Å². The van der Waals surface area contributed by atoms with Gasteiger partial charge in [0.05, 0.1) is 30.5 Å². The highest BCUT2D eigenvalue weighted by atomic mass is 16.5. The van der Waals surface area contributed by atoms with E-state index in [4.69, 9.17) is 4.74 Å². The minimum atomic E-state index is -0.192. The number of hydrogen-bond acceptors (Lipinski definition) is 4. The Morgan fingerprint density at radius 1 is 1.14 bits per heavy atom. The largest absolute Gasteiger partial charge is 0.493 e. The number of aromatic nitrogens is 2. The van der Waals surface area contributed by atoms with Gasteiger partial charge in [-0.1, -0.05) is 18.2 Å². The van der Waals surface area contributed by atoms with Gasteiger partial charge in [-0.25, -0.2) is 4.98 Å². The maximum atomic E-state index is 12.6. The number of carbonyl (C=O) groups excluding carboxylic acids is 1. The van der Waals surface area contributed by atoms with Gasteiger partial charge in [0.15, 0.2) is 0 Å². The smallest absolute Gasteiger partial charge is 0.258 e. The first-order valence-corrected chi connectivity index (χ1v) is 9.43. The molecule has 1 heterocycles. The van der Waals surface area contributed by atoms with E-state index in [-0.39, 0.29) is 24.4 Å². The van der Waals surface area contributed by atoms with Crippen molar-refractivity contribution in [2.24, 2.45) is 0 Å². The molecule has 0 aliphatic rings. The molecule has 2 aromatic carbocycles. The van der Waals surface area contributed by atoms with Gasteiger partial charge < -0.3 is 14.6 Å². The maximum Gasteiger partial charge on any atom is 0.258 e. The molecule has 0 aliphatic carbocycles. The van der Waals surface area contributed by atoms with Crippen molar-refractivity contribution >= 4 is 16.8 Å². The molecule has 6 nitrogen and oxygen atoms in total. The lowest BCUT2D eigenvalue weighted by atomic mass is 10.1. The number of benzene rings is 2. The molecule has 1 amide bonds. The number of amides is 1. The van der Waals surface area contributed by atoms with E-state index in [2.05, 4.69) is 16.0 Å². The topological polar surface area (TPSA) is 75.3 Å². The van der Waals surface area contributed by atoms with Crippen molar-refractivity contribution < 1.29 is 9.53 Å². The lowest BCUT2D eigenvalue weighted by Gasteiger charge is -2.20. The summed E-state index contributed by atoms with van der Waals surface area (Å²) in [6.45, 7) is 7.03. The summed E-state index contributed by atoms with van der Waals surface area (Å²) in [5.74, 6) is 1.21. The highest BCUT2D eigenvalue weighted by Crippen LogP contribution is 2.16. The van der Waals surface area contributed by atoms with E-state index in [0.29, 0.717) is 29.9 Å². The second kappa shape index (κ2) is 8.69. The zero-order valence-corrected chi connectivity index (χ0v) is 16.5. The van der Waals surface area contributed by atoms with Gasteiger partial charge >= 0.3 is 0 Å². The number of ether oxygens (including phenoxy) is 1. The maximum absolute atomic E-state index is 12.6. The van der Waals surface area contributed by atoms with E-state index >= 15 is 0 Å². The summed E-state index contributed by atoms with van der Waals surface area (Å²) in [4.78, 5) is 33.7. The monoisotopic (exact) mass is 379 g/mol. The number of aryl methyl sites for hydroxylation is 2. The van der Waals surface area contributed by atoms with Crippen LogP contribution in [0.5, 0.6) is 5.75 Å². The summed E-state index contributed by atoms with van der Waals surface area (Å²) in [6.07, 6.45) is 0.263. The number of fused-ring (bicyclic) bond motifs is 1. The molecule has 0 radical (unpaired) electrons. The van der Waals surface area contributed by atoms with E-state index in [1.165, 1.54) is 0 Å². The first-order valence-electron chi connectivity index (χ1n) is 9.43. The van der Waals surface area contributed by atoms with Crippen molar-refractivity contribution in [3.63, 3.8) is 0 Å². The number of rotatable bonds is 7. The highest BCUT2D eigenvalue weighted by Gasteiger charge is 2.14. The lowest BCUT2D eigenvalue weighted by molar-refractivity contribution is -0.132. The van der Waals surface area contributed by atoms with E-state index in [1.54, 1.807) is 23.1 Å². The van der Waals surface area contributed by atoms with Crippen molar-refractivity contribution in [2.45, 2.75) is 33.7 Å². The minimum Gasteiger partial charge on any atom is -0.493 e. The third-order valence-corrected chi connectivity index (χ3v) is 4.52. The normalized spacial score (nSPS) is 10.8. The third-order valence-electron chi connectivity index (χ3n) is 4.52. The van der Waals surface area contributed by atoms with Crippen molar-refractivity contribution in [3.8, 4) is 5.75 Å². The van der Waals surface area contributed by atoms with Gasteiger partial charge in [0.25, 0.3) is 5.56 Å². The Morgan fingerprint density at radius 3 is 2.57 bits per heavy atom. The van der Waals surface area contributed by atoms with Crippen molar-refractivity contribution in [2.75, 3.05) is 13.2 Å². The summed E-state index contributed by atoms with van der Waals surface area (Å²) < 4.78 is 5.74. The van der Waals surface area contributed by atoms with Crippen LogP contribution >= 0.6 is 0 Å². The molecule has 0 aliphatic heterocycles. The molecule has 1 aromatic heterocycles. The molecule has 6 heteroatoms. The van der Waals surface area contributed by atoms with Gasteiger partial charge in [0.2, 0.25) is 5.91 Å². The Kier molecular flexibility index (Phi) is 6.09. The van der Waals surface area contributed by atoms with Crippen LogP contribution < -0.4 is 10.3 Å². The Hall–Kier alpha value is -3.15. The van der Waals surface area contributed by atoms with Crippen molar-refractivity contribution in [1.29, 1.82) is 0 Å². The van der Waals surface area contributed by atoms with Gasteiger partial charge in [-0.2, -0.15) is 0 Å². The fraction of sp³-hybridized carbons (Fsp3) is 0.318. The van der Waals surface area contributed by atoms with Crippen LogP contribution in [-0.2, 0) is 11.3 Å². The fourth-order valence-electron chi connectivity index (χ4n) is 3.20. The first-order chi connectivity index (χ1) is 13.5. The molecule has 0 saturated heterocycles. The molecule has 0 atom stereocenters. The van der Waals surface area contributed by atoms with Crippen LogP contribution in [0.4, 0.5) is 0 Å². The number of para-hydroxylation sites is 1. The molecule has 0 spiro atoms. The average molecular weight is 379 g/mol. The van der Waals surface area contributed by atoms with Crippen LogP contribution in [0.3, 0.4) is 0 Å². The van der Waals surface area contributed by atoms with Crippen molar-refractivity contribution in [1.82, 2.24) is 14.9 Å². The van der Waals surface area contributed by atoms with Crippen LogP contribution in [0.2, 0.25) is 0 Å². The molecule has 0 fully saturated rings. The highest BCUT2D eigenvalue weighted by molar-refractivity contribution is 5.78. The predicted molar refractivity (Wildman–Crippen MR) is 109 cm³/mol. The summed E-state index contributed by atoms with van der Waals surface area (Å²) >= 11 is 0. The van der Waals surface area contributed by atoms with E-state index < -0.39 is 0 Å². The molecular formula is C22H25N3O3. The summed E-state index contributed by atoms with van der Waals surface area (Å²) in [5, 5.41) is 0.544. The van der Waals surface area contributed by atoms with Crippen LogP contribution in [0.1, 0.15) is 30.3 Å². The molecule has 0 bridgehead atoms. The molecular weight excluding hydrogens is 354 g/mol. The third kappa shape index (κ3) is 4.76. The lowest BCUT2D eigenvalue weighted by Crippen LogP contribution is -2.32. The molecule has 1 N–H and O–H groups in total. The molecule has 3 aromatic rings. The second-order valence-electron chi connectivity index (χ2n) is 6.86. The van der Waals surface area contributed by atoms with Crippen molar-refractivity contribution in [3.05, 3.63) is 69.8 Å². The van der Waals surface area contributed by atoms with Crippen LogP contribution in [0, 0.1) is 13.8 Å². The van der Waals surface area contributed by atoms with Gasteiger partial charge in [-0.3, -0.25) is 9.59 Å². The SMILES string of the molecule is CCN(Cc1nc2ccccc2c(=O)[nH]1)C(=O)CCOc1cc(C)cc(C)c1. The van der Waals surface area contributed by atoms with Gasteiger partial charge in [0.1, 0.15) is 11.6 Å². The molecule has 146 valence electrons. The van der Waals surface area contributed by atoms with E-state index in [0.717, 1.165) is 16.9 Å².